The van der Waals surface area contributed by atoms with Gasteiger partial charge in [-0.05, 0) is 31.0 Å². The lowest BCUT2D eigenvalue weighted by atomic mass is 9.99. The van der Waals surface area contributed by atoms with Gasteiger partial charge in [-0.2, -0.15) is 26.3 Å². The van der Waals surface area contributed by atoms with Crippen LogP contribution in [0.2, 0.25) is 0 Å². The summed E-state index contributed by atoms with van der Waals surface area (Å²) in [5.41, 5.74) is -3.14. The van der Waals surface area contributed by atoms with E-state index in [-0.39, 0.29) is 31.1 Å². The lowest BCUT2D eigenvalue weighted by Gasteiger charge is -2.15. The van der Waals surface area contributed by atoms with Crippen molar-refractivity contribution >= 4 is 5.97 Å². The minimum Gasteiger partial charge on any atom is -0.466 e. The van der Waals surface area contributed by atoms with Crippen molar-refractivity contribution < 1.29 is 35.9 Å². The van der Waals surface area contributed by atoms with Crippen LogP contribution in [0.1, 0.15) is 30.0 Å². The molecule has 0 heterocycles. The SMILES string of the molecule is CCOC(=O)CCc1ccc(C(F)(F)F)cc1C(F)(F)F. The largest absolute Gasteiger partial charge is 0.466 e. The third kappa shape index (κ3) is 4.95. The Hall–Kier alpha value is -1.73. The number of carbonyl (C=O) groups is 1. The molecule has 0 fully saturated rings. The molecule has 0 spiro atoms. The standard InChI is InChI=1S/C13H12F6O2/c1-2-21-11(20)6-4-8-3-5-9(12(14,15)16)7-10(8)13(17,18)19/h3,5,7H,2,4,6H2,1H3. The second-order valence-corrected chi connectivity index (χ2v) is 4.17. The van der Waals surface area contributed by atoms with E-state index in [9.17, 15) is 31.1 Å². The number of esters is 1. The second-order valence-electron chi connectivity index (χ2n) is 4.17. The Morgan fingerprint density at radius 3 is 2.19 bits per heavy atom. The normalized spacial score (nSPS) is 12.3. The van der Waals surface area contributed by atoms with Crippen molar-refractivity contribution in [3.05, 3.63) is 34.9 Å². The molecule has 2 nitrogen and oxygen atoms in total. The first-order valence-corrected chi connectivity index (χ1v) is 5.98. The van der Waals surface area contributed by atoms with Crippen LogP contribution in [0.3, 0.4) is 0 Å². The van der Waals surface area contributed by atoms with Gasteiger partial charge in [0.1, 0.15) is 0 Å². The molecule has 1 aromatic rings. The van der Waals surface area contributed by atoms with Gasteiger partial charge in [-0.25, -0.2) is 0 Å². The van der Waals surface area contributed by atoms with E-state index in [4.69, 9.17) is 0 Å². The summed E-state index contributed by atoms with van der Waals surface area (Å²) in [5, 5.41) is 0. The van der Waals surface area contributed by atoms with Crippen molar-refractivity contribution in [2.24, 2.45) is 0 Å². The molecule has 0 aliphatic rings. The Morgan fingerprint density at radius 2 is 1.71 bits per heavy atom. The highest BCUT2D eigenvalue weighted by atomic mass is 19.4. The molecule has 118 valence electrons. The number of hydrogen-bond acceptors (Lipinski definition) is 2. The highest BCUT2D eigenvalue weighted by Gasteiger charge is 2.37. The van der Waals surface area contributed by atoms with Gasteiger partial charge in [0.05, 0.1) is 17.7 Å². The van der Waals surface area contributed by atoms with Crippen LogP contribution in [0.5, 0.6) is 0 Å². The van der Waals surface area contributed by atoms with E-state index in [0.717, 1.165) is 6.07 Å². The van der Waals surface area contributed by atoms with Crippen LogP contribution in [-0.4, -0.2) is 12.6 Å². The van der Waals surface area contributed by atoms with Crippen LogP contribution in [0.4, 0.5) is 26.3 Å². The van der Waals surface area contributed by atoms with E-state index in [1.807, 2.05) is 0 Å². The first-order chi connectivity index (χ1) is 9.55. The lowest BCUT2D eigenvalue weighted by Crippen LogP contribution is -2.14. The van der Waals surface area contributed by atoms with Gasteiger partial charge in [-0.3, -0.25) is 4.79 Å². The minimum atomic E-state index is -4.93. The molecule has 0 aliphatic heterocycles. The quantitative estimate of drug-likeness (QED) is 0.614. The number of alkyl halides is 6. The Bertz CT molecular complexity index is 504. The molecule has 8 heteroatoms. The molecular formula is C13H12F6O2. The third-order valence-corrected chi connectivity index (χ3v) is 2.65. The van der Waals surface area contributed by atoms with Crippen molar-refractivity contribution in [3.8, 4) is 0 Å². The fraction of sp³-hybridized carbons (Fsp3) is 0.462. The van der Waals surface area contributed by atoms with Crippen molar-refractivity contribution in [2.45, 2.75) is 32.1 Å². The van der Waals surface area contributed by atoms with Gasteiger partial charge in [0.25, 0.3) is 0 Å². The molecule has 0 radical (unpaired) electrons. The summed E-state index contributed by atoms with van der Waals surface area (Å²) in [4.78, 5) is 11.1. The predicted molar refractivity (Wildman–Crippen MR) is 61.4 cm³/mol. The van der Waals surface area contributed by atoms with E-state index in [1.165, 1.54) is 6.92 Å². The van der Waals surface area contributed by atoms with Crippen LogP contribution in [0, 0.1) is 0 Å². The molecule has 1 rings (SSSR count). The number of halogens is 6. The molecule has 0 aromatic heterocycles. The van der Waals surface area contributed by atoms with Gasteiger partial charge in [-0.15, -0.1) is 0 Å². The zero-order valence-corrected chi connectivity index (χ0v) is 10.9. The fourth-order valence-electron chi connectivity index (χ4n) is 1.70. The number of benzene rings is 1. The summed E-state index contributed by atoms with van der Waals surface area (Å²) < 4.78 is 80.4. The average Bonchev–Trinajstić information content (AvgIpc) is 2.34. The van der Waals surface area contributed by atoms with Gasteiger partial charge < -0.3 is 4.74 Å². The van der Waals surface area contributed by atoms with Crippen molar-refractivity contribution in [1.29, 1.82) is 0 Å². The van der Waals surface area contributed by atoms with Gasteiger partial charge in [0, 0.05) is 6.42 Å². The molecule has 21 heavy (non-hydrogen) atoms. The summed E-state index contributed by atoms with van der Waals surface area (Å²) in [6.45, 7) is 1.62. The topological polar surface area (TPSA) is 26.3 Å². The Morgan fingerprint density at radius 1 is 1.10 bits per heavy atom. The van der Waals surface area contributed by atoms with E-state index in [0.29, 0.717) is 6.07 Å². The summed E-state index contributed by atoms with van der Waals surface area (Å²) in [6, 6.07) is 1.36. The van der Waals surface area contributed by atoms with Crippen molar-refractivity contribution in [3.63, 3.8) is 0 Å². The van der Waals surface area contributed by atoms with Crippen LogP contribution < -0.4 is 0 Å². The number of carbonyl (C=O) groups excluding carboxylic acids is 1. The lowest BCUT2D eigenvalue weighted by molar-refractivity contribution is -0.145. The van der Waals surface area contributed by atoms with Crippen LogP contribution in [0.25, 0.3) is 0 Å². The Labute approximate surface area is 116 Å². The van der Waals surface area contributed by atoms with Gasteiger partial charge in [0.2, 0.25) is 0 Å². The zero-order chi connectivity index (χ0) is 16.3. The molecular weight excluding hydrogens is 302 g/mol. The monoisotopic (exact) mass is 314 g/mol. The van der Waals surface area contributed by atoms with E-state index < -0.39 is 29.4 Å². The van der Waals surface area contributed by atoms with E-state index in [2.05, 4.69) is 4.74 Å². The van der Waals surface area contributed by atoms with Crippen LogP contribution >= 0.6 is 0 Å². The number of hydrogen-bond donors (Lipinski definition) is 0. The summed E-state index contributed by atoms with van der Waals surface area (Å²) in [6.07, 6.45) is -10.5. The molecule has 0 atom stereocenters. The van der Waals surface area contributed by atoms with Crippen LogP contribution in [-0.2, 0) is 28.3 Å². The molecule has 0 unspecified atom stereocenters. The molecule has 0 saturated heterocycles. The summed E-state index contributed by atoms with van der Waals surface area (Å²) in [5.74, 6) is -0.703. The highest BCUT2D eigenvalue weighted by molar-refractivity contribution is 5.69. The molecule has 0 bridgehead atoms. The smallest absolute Gasteiger partial charge is 0.416 e. The molecule has 0 amide bonds. The molecule has 1 aromatic carbocycles. The van der Waals surface area contributed by atoms with Gasteiger partial charge in [0.15, 0.2) is 0 Å². The number of aryl methyl sites for hydroxylation is 1. The zero-order valence-electron chi connectivity index (χ0n) is 10.9. The summed E-state index contributed by atoms with van der Waals surface area (Å²) >= 11 is 0. The summed E-state index contributed by atoms with van der Waals surface area (Å²) in [7, 11) is 0. The van der Waals surface area contributed by atoms with Crippen LogP contribution in [0.15, 0.2) is 18.2 Å². The molecule has 0 aliphatic carbocycles. The second kappa shape index (κ2) is 6.36. The van der Waals surface area contributed by atoms with Crippen molar-refractivity contribution in [2.75, 3.05) is 6.61 Å². The van der Waals surface area contributed by atoms with E-state index in [1.54, 1.807) is 0 Å². The maximum absolute atomic E-state index is 12.8. The molecule has 0 N–H and O–H groups in total. The Kier molecular flexibility index (Phi) is 5.25. The highest BCUT2D eigenvalue weighted by Crippen LogP contribution is 2.37. The fourth-order valence-corrected chi connectivity index (χ4v) is 1.70. The molecule has 0 saturated carbocycles. The average molecular weight is 314 g/mol. The number of ether oxygens (including phenoxy) is 1. The maximum Gasteiger partial charge on any atom is 0.416 e. The number of rotatable bonds is 4. The first-order valence-electron chi connectivity index (χ1n) is 5.98. The minimum absolute atomic E-state index is 0.0560. The van der Waals surface area contributed by atoms with Gasteiger partial charge in [-0.1, -0.05) is 6.07 Å². The van der Waals surface area contributed by atoms with Crippen molar-refractivity contribution in [1.82, 2.24) is 0 Å². The first kappa shape index (κ1) is 17.3. The predicted octanol–water partition coefficient (Wildman–Crippen LogP) is 4.22. The van der Waals surface area contributed by atoms with E-state index >= 15 is 0 Å². The third-order valence-electron chi connectivity index (χ3n) is 2.65. The Balaban J connectivity index is 3.06. The van der Waals surface area contributed by atoms with Gasteiger partial charge >= 0.3 is 18.3 Å². The maximum atomic E-state index is 12.8.